The van der Waals surface area contributed by atoms with Crippen LogP contribution < -0.4 is 5.32 Å². The van der Waals surface area contributed by atoms with Crippen molar-refractivity contribution in [3.05, 3.63) is 0 Å². The molecule has 0 atom stereocenters. The predicted molar refractivity (Wildman–Crippen MR) is 67.5 cm³/mol. The predicted octanol–water partition coefficient (Wildman–Crippen LogP) is 0.682. The molecule has 0 amide bonds. The molecule has 0 radical (unpaired) electrons. The molecule has 0 saturated heterocycles. The summed E-state index contributed by atoms with van der Waals surface area (Å²) in [6.45, 7) is 5.67. The molecule has 104 valence electrons. The highest BCUT2D eigenvalue weighted by Gasteiger charge is 1.92. The summed E-state index contributed by atoms with van der Waals surface area (Å²) in [4.78, 5) is 0. The molecule has 17 heavy (non-hydrogen) atoms. The zero-order valence-electron chi connectivity index (χ0n) is 11.2. The average Bonchev–Trinajstić information content (AvgIpc) is 2.35. The zero-order chi connectivity index (χ0) is 12.6. The van der Waals surface area contributed by atoms with Crippen LogP contribution in [0.5, 0.6) is 0 Å². The monoisotopic (exact) mass is 249 g/mol. The Kier molecular flexibility index (Phi) is 15.6. The van der Waals surface area contributed by atoms with E-state index in [-0.39, 0.29) is 0 Å². The molecule has 0 aliphatic carbocycles. The second-order valence-corrected chi connectivity index (χ2v) is 3.64. The van der Waals surface area contributed by atoms with E-state index in [1.54, 1.807) is 7.11 Å². The van der Waals surface area contributed by atoms with Crippen molar-refractivity contribution in [1.29, 1.82) is 0 Å². The fourth-order valence-corrected chi connectivity index (χ4v) is 1.19. The molecule has 0 saturated carbocycles. The number of unbranched alkanes of at least 4 members (excludes halogenated alkanes) is 1. The standard InChI is InChI=1S/C12H27NO4/c1-13-5-3-4-6-15-9-10-17-12-11-16-8-7-14-2/h13H,3-12H2,1-2H3. The molecule has 0 aromatic carbocycles. The third-order valence-corrected chi connectivity index (χ3v) is 2.14. The lowest BCUT2D eigenvalue weighted by atomic mass is 10.3. The van der Waals surface area contributed by atoms with Gasteiger partial charge in [0.05, 0.1) is 39.6 Å². The van der Waals surface area contributed by atoms with Crippen LogP contribution in [0.3, 0.4) is 0 Å². The van der Waals surface area contributed by atoms with Crippen LogP contribution >= 0.6 is 0 Å². The maximum absolute atomic E-state index is 5.41. The Morgan fingerprint density at radius 1 is 0.706 bits per heavy atom. The van der Waals surface area contributed by atoms with Gasteiger partial charge < -0.3 is 24.3 Å². The van der Waals surface area contributed by atoms with E-state index in [0.29, 0.717) is 39.6 Å². The van der Waals surface area contributed by atoms with Crippen LogP contribution in [0.1, 0.15) is 12.8 Å². The number of nitrogens with one attached hydrogen (secondary N) is 1. The number of hydrogen-bond donors (Lipinski definition) is 1. The van der Waals surface area contributed by atoms with Gasteiger partial charge in [0, 0.05) is 13.7 Å². The molecule has 0 aliphatic rings. The Balaban J connectivity index is 2.85. The van der Waals surface area contributed by atoms with E-state index in [2.05, 4.69) is 5.32 Å². The van der Waals surface area contributed by atoms with Gasteiger partial charge in [-0.3, -0.25) is 0 Å². The first kappa shape index (κ1) is 16.8. The molecule has 0 heterocycles. The number of hydrogen-bond acceptors (Lipinski definition) is 5. The SMILES string of the molecule is CNCCCCOCCOCCOCCOC. The van der Waals surface area contributed by atoms with Gasteiger partial charge in [0.2, 0.25) is 0 Å². The third kappa shape index (κ3) is 15.8. The first-order valence-electron chi connectivity index (χ1n) is 6.28. The van der Waals surface area contributed by atoms with Crippen LogP contribution in [0, 0.1) is 0 Å². The van der Waals surface area contributed by atoms with Gasteiger partial charge in [0.15, 0.2) is 0 Å². The number of ether oxygens (including phenoxy) is 4. The van der Waals surface area contributed by atoms with E-state index >= 15 is 0 Å². The van der Waals surface area contributed by atoms with Crippen LogP contribution in [0.4, 0.5) is 0 Å². The summed E-state index contributed by atoms with van der Waals surface area (Å²) in [5, 5.41) is 3.10. The molecular formula is C12H27NO4. The van der Waals surface area contributed by atoms with Crippen molar-refractivity contribution in [2.75, 3.05) is 67.0 Å². The highest BCUT2D eigenvalue weighted by molar-refractivity contribution is 4.42. The van der Waals surface area contributed by atoms with Gasteiger partial charge in [0.25, 0.3) is 0 Å². The van der Waals surface area contributed by atoms with Crippen molar-refractivity contribution in [3.63, 3.8) is 0 Å². The lowest BCUT2D eigenvalue weighted by Crippen LogP contribution is -2.12. The molecule has 0 aromatic rings. The van der Waals surface area contributed by atoms with Gasteiger partial charge in [-0.25, -0.2) is 0 Å². The fraction of sp³-hybridized carbons (Fsp3) is 1.00. The van der Waals surface area contributed by atoms with Crippen LogP contribution in [-0.4, -0.2) is 67.0 Å². The molecule has 0 spiro atoms. The Morgan fingerprint density at radius 2 is 1.24 bits per heavy atom. The maximum Gasteiger partial charge on any atom is 0.0701 e. The highest BCUT2D eigenvalue weighted by atomic mass is 16.6. The third-order valence-electron chi connectivity index (χ3n) is 2.14. The van der Waals surface area contributed by atoms with Crippen LogP contribution in [0.15, 0.2) is 0 Å². The van der Waals surface area contributed by atoms with Gasteiger partial charge in [-0.05, 0) is 26.4 Å². The molecule has 1 N–H and O–H groups in total. The van der Waals surface area contributed by atoms with E-state index in [4.69, 9.17) is 18.9 Å². The Morgan fingerprint density at radius 3 is 1.76 bits per heavy atom. The molecule has 0 unspecified atom stereocenters. The minimum atomic E-state index is 0.617. The minimum absolute atomic E-state index is 0.617. The lowest BCUT2D eigenvalue weighted by molar-refractivity contribution is 0.00330. The molecule has 0 aliphatic heterocycles. The Bertz CT molecular complexity index is 122. The minimum Gasteiger partial charge on any atom is -0.382 e. The number of methoxy groups -OCH3 is 1. The van der Waals surface area contributed by atoms with Crippen molar-refractivity contribution in [2.45, 2.75) is 12.8 Å². The smallest absolute Gasteiger partial charge is 0.0701 e. The van der Waals surface area contributed by atoms with E-state index in [1.807, 2.05) is 7.05 Å². The lowest BCUT2D eigenvalue weighted by Gasteiger charge is -2.06. The van der Waals surface area contributed by atoms with Crippen LogP contribution in [-0.2, 0) is 18.9 Å². The summed E-state index contributed by atoms with van der Waals surface area (Å²) in [6, 6.07) is 0. The van der Waals surface area contributed by atoms with E-state index in [1.165, 1.54) is 0 Å². The maximum atomic E-state index is 5.41. The van der Waals surface area contributed by atoms with Gasteiger partial charge in [-0.2, -0.15) is 0 Å². The Hall–Kier alpha value is -0.200. The molecular weight excluding hydrogens is 222 g/mol. The summed E-state index contributed by atoms with van der Waals surface area (Å²) in [7, 11) is 3.62. The van der Waals surface area contributed by atoms with Crippen molar-refractivity contribution < 1.29 is 18.9 Å². The van der Waals surface area contributed by atoms with Crippen LogP contribution in [0.25, 0.3) is 0 Å². The summed E-state index contributed by atoms with van der Waals surface area (Å²) in [5.74, 6) is 0. The largest absolute Gasteiger partial charge is 0.382 e. The molecule has 5 heteroatoms. The van der Waals surface area contributed by atoms with Crippen molar-refractivity contribution in [3.8, 4) is 0 Å². The van der Waals surface area contributed by atoms with Crippen molar-refractivity contribution in [2.24, 2.45) is 0 Å². The molecule has 0 bridgehead atoms. The Labute approximate surface area is 105 Å². The quantitative estimate of drug-likeness (QED) is 0.459. The molecule has 0 aromatic heterocycles. The average molecular weight is 249 g/mol. The van der Waals surface area contributed by atoms with Crippen molar-refractivity contribution >= 4 is 0 Å². The second kappa shape index (κ2) is 15.8. The molecule has 0 fully saturated rings. The summed E-state index contributed by atoms with van der Waals surface area (Å²) < 4.78 is 20.8. The van der Waals surface area contributed by atoms with E-state index in [9.17, 15) is 0 Å². The van der Waals surface area contributed by atoms with Gasteiger partial charge in [-0.1, -0.05) is 0 Å². The van der Waals surface area contributed by atoms with Gasteiger partial charge in [-0.15, -0.1) is 0 Å². The van der Waals surface area contributed by atoms with Gasteiger partial charge in [0.1, 0.15) is 0 Å². The van der Waals surface area contributed by atoms with Crippen LogP contribution in [0.2, 0.25) is 0 Å². The number of rotatable bonds is 14. The first-order chi connectivity index (χ1) is 8.41. The second-order valence-electron chi connectivity index (χ2n) is 3.64. The highest BCUT2D eigenvalue weighted by Crippen LogP contribution is 1.88. The molecule has 5 nitrogen and oxygen atoms in total. The molecule has 0 rings (SSSR count). The summed E-state index contributed by atoms with van der Waals surface area (Å²) >= 11 is 0. The summed E-state index contributed by atoms with van der Waals surface area (Å²) in [6.07, 6.45) is 2.26. The fourth-order valence-electron chi connectivity index (χ4n) is 1.19. The first-order valence-corrected chi connectivity index (χ1v) is 6.28. The summed E-state index contributed by atoms with van der Waals surface area (Å²) in [5.41, 5.74) is 0. The topological polar surface area (TPSA) is 49.0 Å². The normalized spacial score (nSPS) is 10.9. The van der Waals surface area contributed by atoms with Gasteiger partial charge >= 0.3 is 0 Å². The van der Waals surface area contributed by atoms with E-state index in [0.717, 1.165) is 26.0 Å². The van der Waals surface area contributed by atoms with Crippen molar-refractivity contribution in [1.82, 2.24) is 5.32 Å². The van der Waals surface area contributed by atoms with E-state index < -0.39 is 0 Å². The zero-order valence-corrected chi connectivity index (χ0v) is 11.2.